The average Bonchev–Trinajstić information content (AvgIpc) is 2.80. The van der Waals surface area contributed by atoms with Gasteiger partial charge in [0, 0.05) is 11.8 Å². The van der Waals surface area contributed by atoms with Gasteiger partial charge in [0.25, 0.3) is 0 Å². The predicted molar refractivity (Wildman–Crippen MR) is 87.0 cm³/mol. The van der Waals surface area contributed by atoms with Crippen LogP contribution in [-0.2, 0) is 24.8 Å². The van der Waals surface area contributed by atoms with Crippen LogP contribution in [0.3, 0.4) is 0 Å². The third-order valence-electron chi connectivity index (χ3n) is 3.24. The molecule has 1 saturated heterocycles. The Kier molecular flexibility index (Phi) is 8.40. The van der Waals surface area contributed by atoms with Crippen LogP contribution in [0.1, 0.15) is 11.8 Å². The SMILES string of the molecule is Nc1nc(=O)n([C@@H]2O[C@H](CO)[C@@H](O)[C@H]2O)cc1CO.O=P(O)(O)OP(=O)(O)O. The summed E-state index contributed by atoms with van der Waals surface area (Å²) in [5, 5.41) is 37.5. The quantitative estimate of drug-likeness (QED) is 0.194. The summed E-state index contributed by atoms with van der Waals surface area (Å²) in [5.74, 6) is -0.115. The number of aliphatic hydroxyl groups excluding tert-OH is 4. The molecule has 162 valence electrons. The van der Waals surface area contributed by atoms with Gasteiger partial charge in [0.15, 0.2) is 6.23 Å². The number of nitrogens with zero attached hydrogens (tertiary/aromatic N) is 2. The first kappa shape index (κ1) is 24.8. The summed E-state index contributed by atoms with van der Waals surface area (Å²) >= 11 is 0. The maximum atomic E-state index is 11.7. The Balaban J connectivity index is 0.000000370. The third-order valence-corrected chi connectivity index (χ3v) is 4.94. The number of nitrogen functional groups attached to an aromatic ring is 1. The van der Waals surface area contributed by atoms with Gasteiger partial charge in [-0.25, -0.2) is 13.9 Å². The molecule has 0 amide bonds. The molecule has 2 rings (SSSR count). The first-order valence-electron chi connectivity index (χ1n) is 7.13. The maximum absolute atomic E-state index is 11.7. The van der Waals surface area contributed by atoms with Crippen molar-refractivity contribution in [3.8, 4) is 0 Å². The maximum Gasteiger partial charge on any atom is 0.478 e. The van der Waals surface area contributed by atoms with Crippen molar-refractivity contribution >= 4 is 21.5 Å². The number of aromatic nitrogens is 2. The van der Waals surface area contributed by atoms with Crippen LogP contribution in [0.5, 0.6) is 0 Å². The summed E-state index contributed by atoms with van der Waals surface area (Å²) in [4.78, 5) is 46.2. The molecule has 18 heteroatoms. The van der Waals surface area contributed by atoms with Crippen LogP contribution in [0.15, 0.2) is 11.0 Å². The largest absolute Gasteiger partial charge is 0.478 e. The van der Waals surface area contributed by atoms with Gasteiger partial charge in [-0.15, -0.1) is 0 Å². The smallest absolute Gasteiger partial charge is 0.394 e. The number of hydrogen-bond acceptors (Lipinski definition) is 11. The van der Waals surface area contributed by atoms with E-state index in [4.69, 9.17) is 40.3 Å². The number of nitrogens with two attached hydrogens (primary N) is 1. The molecule has 2 heterocycles. The molecule has 16 nitrogen and oxygen atoms in total. The Labute approximate surface area is 155 Å². The highest BCUT2D eigenvalue weighted by Crippen LogP contribution is 2.53. The minimum absolute atomic E-state index is 0.115. The number of hydrogen-bond donors (Lipinski definition) is 9. The van der Waals surface area contributed by atoms with Crippen LogP contribution in [0.2, 0.25) is 0 Å². The average molecular weight is 451 g/mol. The number of aliphatic hydroxyl groups is 4. The normalized spacial score (nSPS) is 25.3. The minimum Gasteiger partial charge on any atom is -0.394 e. The molecule has 28 heavy (non-hydrogen) atoms. The molecule has 0 radical (unpaired) electrons. The van der Waals surface area contributed by atoms with Crippen LogP contribution in [-0.4, -0.2) is 74.5 Å². The molecular formula is C10H19N3O13P2. The van der Waals surface area contributed by atoms with E-state index >= 15 is 0 Å². The standard InChI is InChI=1S/C10H15N3O6.H4O7P2/c11-8-4(2-14)1-13(10(18)12-8)9-7(17)6(16)5(3-15)19-9;1-8(2,3)7-9(4,5)6/h1,5-7,9,14-17H,2-3H2,(H2,11,12,18);(H2,1,2,3)(H2,4,5,6)/t5-,6-,7-,9-;/m1./s1. The molecule has 0 bridgehead atoms. The van der Waals surface area contributed by atoms with Crippen molar-refractivity contribution in [1.29, 1.82) is 0 Å². The highest BCUT2D eigenvalue weighted by atomic mass is 31.3. The van der Waals surface area contributed by atoms with Gasteiger partial charge in [0.05, 0.1) is 13.2 Å². The zero-order valence-electron chi connectivity index (χ0n) is 13.8. The van der Waals surface area contributed by atoms with Crippen molar-refractivity contribution in [2.24, 2.45) is 0 Å². The lowest BCUT2D eigenvalue weighted by molar-refractivity contribution is -0.0551. The third kappa shape index (κ3) is 6.97. The first-order valence-corrected chi connectivity index (χ1v) is 10.2. The Morgan fingerprint density at radius 2 is 1.68 bits per heavy atom. The van der Waals surface area contributed by atoms with E-state index in [-0.39, 0.29) is 11.4 Å². The van der Waals surface area contributed by atoms with E-state index in [2.05, 4.69) is 9.29 Å². The van der Waals surface area contributed by atoms with Crippen LogP contribution in [0.25, 0.3) is 0 Å². The van der Waals surface area contributed by atoms with E-state index in [0.717, 1.165) is 4.57 Å². The summed E-state index contributed by atoms with van der Waals surface area (Å²) < 4.78 is 28.3. The van der Waals surface area contributed by atoms with Crippen molar-refractivity contribution in [3.05, 3.63) is 22.2 Å². The summed E-state index contributed by atoms with van der Waals surface area (Å²) in [6, 6.07) is 0. The lowest BCUT2D eigenvalue weighted by atomic mass is 10.1. The zero-order chi connectivity index (χ0) is 21.9. The van der Waals surface area contributed by atoms with E-state index in [1.54, 1.807) is 0 Å². The van der Waals surface area contributed by atoms with E-state index < -0.39 is 59.1 Å². The van der Waals surface area contributed by atoms with Gasteiger partial charge < -0.3 is 50.5 Å². The Morgan fingerprint density at radius 3 is 2.04 bits per heavy atom. The molecule has 0 aromatic carbocycles. The molecule has 1 aromatic heterocycles. The van der Waals surface area contributed by atoms with E-state index in [9.17, 15) is 24.1 Å². The molecule has 0 saturated carbocycles. The van der Waals surface area contributed by atoms with Gasteiger partial charge in [-0.2, -0.15) is 9.29 Å². The molecule has 0 unspecified atom stereocenters. The molecule has 0 spiro atoms. The molecule has 0 aliphatic carbocycles. The summed E-state index contributed by atoms with van der Waals surface area (Å²) in [5.41, 5.74) is 4.84. The van der Waals surface area contributed by atoms with Gasteiger partial charge in [-0.3, -0.25) is 4.57 Å². The second kappa shape index (κ2) is 9.49. The van der Waals surface area contributed by atoms with Crippen molar-refractivity contribution < 1.29 is 58.2 Å². The van der Waals surface area contributed by atoms with Crippen LogP contribution >= 0.6 is 15.6 Å². The Hall–Kier alpha value is -1.26. The molecule has 1 fully saturated rings. The molecule has 4 atom stereocenters. The topological polar surface area (TPSA) is 275 Å². The van der Waals surface area contributed by atoms with Crippen molar-refractivity contribution in [3.63, 3.8) is 0 Å². The molecule has 1 aliphatic heterocycles. The van der Waals surface area contributed by atoms with Crippen LogP contribution < -0.4 is 11.4 Å². The van der Waals surface area contributed by atoms with Crippen molar-refractivity contribution in [2.75, 3.05) is 12.3 Å². The Bertz CT molecular complexity index is 799. The number of rotatable bonds is 5. The fourth-order valence-corrected chi connectivity index (χ4v) is 3.18. The van der Waals surface area contributed by atoms with Gasteiger partial charge in [-0.05, 0) is 0 Å². The fourth-order valence-electron chi connectivity index (χ4n) is 2.07. The molecule has 1 aliphatic rings. The van der Waals surface area contributed by atoms with E-state index in [0.29, 0.717) is 0 Å². The van der Waals surface area contributed by atoms with Crippen LogP contribution in [0, 0.1) is 0 Å². The monoisotopic (exact) mass is 451 g/mol. The van der Waals surface area contributed by atoms with Crippen molar-refractivity contribution in [2.45, 2.75) is 31.1 Å². The zero-order valence-corrected chi connectivity index (χ0v) is 15.6. The van der Waals surface area contributed by atoms with Gasteiger partial charge in [0.1, 0.15) is 24.1 Å². The summed E-state index contributed by atoms with van der Waals surface area (Å²) in [7, 11) is -10.1. The summed E-state index contributed by atoms with van der Waals surface area (Å²) in [6.45, 7) is -0.938. The first-order chi connectivity index (χ1) is 12.7. The highest BCUT2D eigenvalue weighted by Gasteiger charge is 2.43. The second-order valence-electron chi connectivity index (χ2n) is 5.29. The number of ether oxygens (including phenoxy) is 1. The number of phosphoric acid groups is 2. The summed E-state index contributed by atoms with van der Waals surface area (Å²) in [6.07, 6.45) is -3.71. The van der Waals surface area contributed by atoms with Gasteiger partial charge in [0.2, 0.25) is 0 Å². The molecule has 1 aromatic rings. The second-order valence-corrected chi connectivity index (χ2v) is 7.91. The van der Waals surface area contributed by atoms with Crippen LogP contribution in [0.4, 0.5) is 5.82 Å². The van der Waals surface area contributed by atoms with Gasteiger partial charge in [-0.1, -0.05) is 0 Å². The Morgan fingerprint density at radius 1 is 1.14 bits per heavy atom. The van der Waals surface area contributed by atoms with E-state index in [1.165, 1.54) is 6.20 Å². The lowest BCUT2D eigenvalue weighted by Gasteiger charge is -2.18. The minimum atomic E-state index is -5.05. The molecule has 10 N–H and O–H groups in total. The lowest BCUT2D eigenvalue weighted by Crippen LogP contribution is -2.36. The predicted octanol–water partition coefficient (Wildman–Crippen LogP) is -3.88. The van der Waals surface area contributed by atoms with E-state index in [1.807, 2.05) is 0 Å². The van der Waals surface area contributed by atoms with Crippen molar-refractivity contribution in [1.82, 2.24) is 9.55 Å². The van der Waals surface area contributed by atoms with Gasteiger partial charge >= 0.3 is 21.3 Å². The fraction of sp³-hybridized carbons (Fsp3) is 0.600. The highest BCUT2D eigenvalue weighted by molar-refractivity contribution is 7.60. The number of anilines is 1. The molecular weight excluding hydrogens is 432 g/mol.